The van der Waals surface area contributed by atoms with Crippen LogP contribution in [0.3, 0.4) is 0 Å². The minimum Gasteiger partial charge on any atom is -0.456 e. The lowest BCUT2D eigenvalue weighted by Crippen LogP contribution is -2.00. The third-order valence-electron chi connectivity index (χ3n) is 7.62. The summed E-state index contributed by atoms with van der Waals surface area (Å²) in [5, 5.41) is 2.33. The van der Waals surface area contributed by atoms with Crippen LogP contribution in [-0.2, 0) is 0 Å². The van der Waals surface area contributed by atoms with Crippen molar-refractivity contribution in [3.8, 4) is 39.7 Å². The second-order valence-electron chi connectivity index (χ2n) is 10.0. The molecular weight excluding hydrogens is 488 g/mol. The van der Waals surface area contributed by atoms with Crippen LogP contribution in [0.25, 0.3) is 62.2 Å². The highest BCUT2D eigenvalue weighted by atomic mass is 16.5. The Kier molecular flexibility index (Phi) is 5.14. The summed E-state index contributed by atoms with van der Waals surface area (Å²) in [4.78, 5) is 5.25. The van der Waals surface area contributed by atoms with Crippen LogP contribution in [0.15, 0.2) is 133 Å². The Bertz CT molecular complexity index is 2010. The summed E-state index contributed by atoms with van der Waals surface area (Å²) in [6, 6.07) is 46.3. The monoisotopic (exact) mass is 512 g/mol. The lowest BCUT2D eigenvalue weighted by atomic mass is 10.0. The number of aromatic nitrogens is 2. The second kappa shape index (κ2) is 9.11. The molecule has 0 fully saturated rings. The fourth-order valence-electron chi connectivity index (χ4n) is 5.76. The van der Waals surface area contributed by atoms with E-state index in [1.165, 1.54) is 5.39 Å². The smallest absolute Gasteiger partial charge is 0.138 e. The number of hydrogen-bond donors (Lipinski definition) is 0. The molecule has 3 heteroatoms. The molecule has 0 atom stereocenters. The molecule has 0 aliphatic carbocycles. The van der Waals surface area contributed by atoms with Gasteiger partial charge in [0.1, 0.15) is 17.3 Å². The lowest BCUT2D eigenvalue weighted by molar-refractivity contribution is 0.482. The van der Waals surface area contributed by atoms with E-state index in [0.717, 1.165) is 67.2 Å². The molecule has 2 aromatic heterocycles. The fourth-order valence-corrected chi connectivity index (χ4v) is 5.76. The van der Waals surface area contributed by atoms with Gasteiger partial charge >= 0.3 is 0 Å². The molecule has 5 aromatic carbocycles. The highest BCUT2D eigenvalue weighted by Gasteiger charge is 2.21. The predicted molar refractivity (Wildman–Crippen MR) is 165 cm³/mol. The number of para-hydroxylation sites is 2. The van der Waals surface area contributed by atoms with Crippen LogP contribution in [0.4, 0.5) is 0 Å². The van der Waals surface area contributed by atoms with Crippen LogP contribution in [0.2, 0.25) is 0 Å². The van der Waals surface area contributed by atoms with Crippen molar-refractivity contribution in [1.82, 2.24) is 9.55 Å². The Hall–Kier alpha value is -5.41. The van der Waals surface area contributed by atoms with Gasteiger partial charge in [-0.1, -0.05) is 103 Å². The van der Waals surface area contributed by atoms with Crippen LogP contribution in [-0.4, -0.2) is 9.55 Å². The number of hydrogen-bond acceptors (Lipinski definition) is 2. The van der Waals surface area contributed by atoms with Crippen molar-refractivity contribution in [2.75, 3.05) is 0 Å². The Balaban J connectivity index is 1.43. The zero-order valence-corrected chi connectivity index (χ0v) is 21.7. The fraction of sp³-hybridized carbons (Fsp3) is 0. The van der Waals surface area contributed by atoms with E-state index in [0.29, 0.717) is 0 Å². The summed E-state index contributed by atoms with van der Waals surface area (Å²) >= 11 is 0. The van der Waals surface area contributed by atoms with Gasteiger partial charge in [0.05, 0.1) is 16.7 Å². The first-order valence-corrected chi connectivity index (χ1v) is 13.5. The van der Waals surface area contributed by atoms with Gasteiger partial charge in [-0.15, -0.1) is 0 Å². The van der Waals surface area contributed by atoms with E-state index >= 15 is 0 Å². The van der Waals surface area contributed by atoms with Crippen LogP contribution >= 0.6 is 0 Å². The normalized spacial score (nSPS) is 12.1. The standard InChI is InChI=1S/C37H24N2O/c1-3-11-25(12-4-1)28-23-31(26-13-5-2-6-14-26)38-36(24-28)39-32-17-9-8-16-29(32)37-30-20-19-27-15-7-10-18-34(27)40-35(30)22-21-33(37)39/h1-24H. The van der Waals surface area contributed by atoms with Gasteiger partial charge in [-0.25, -0.2) is 4.98 Å². The molecule has 0 saturated heterocycles. The van der Waals surface area contributed by atoms with Crippen molar-refractivity contribution in [2.45, 2.75) is 0 Å². The Morgan fingerprint density at radius 1 is 0.525 bits per heavy atom. The molecule has 3 nitrogen and oxygen atoms in total. The van der Waals surface area contributed by atoms with Crippen LogP contribution in [0, 0.1) is 0 Å². The van der Waals surface area contributed by atoms with Crippen molar-refractivity contribution < 1.29 is 4.74 Å². The number of ether oxygens (including phenoxy) is 1. The van der Waals surface area contributed by atoms with Crippen molar-refractivity contribution >= 4 is 34.0 Å². The molecule has 0 unspecified atom stereocenters. The summed E-state index contributed by atoms with van der Waals surface area (Å²) < 4.78 is 8.73. The average Bonchev–Trinajstić information content (AvgIpc) is 3.24. The van der Waals surface area contributed by atoms with Gasteiger partial charge in [0.25, 0.3) is 0 Å². The van der Waals surface area contributed by atoms with Crippen molar-refractivity contribution in [2.24, 2.45) is 0 Å². The minimum absolute atomic E-state index is 0.854. The number of benzene rings is 5. The van der Waals surface area contributed by atoms with Gasteiger partial charge in [0.15, 0.2) is 0 Å². The summed E-state index contributed by atoms with van der Waals surface area (Å²) in [6.07, 6.45) is 4.33. The molecule has 8 rings (SSSR count). The third-order valence-corrected chi connectivity index (χ3v) is 7.62. The first-order chi connectivity index (χ1) is 19.8. The molecule has 0 N–H and O–H groups in total. The maximum absolute atomic E-state index is 6.44. The van der Waals surface area contributed by atoms with Gasteiger partial charge in [-0.2, -0.15) is 0 Å². The van der Waals surface area contributed by atoms with E-state index in [1.807, 2.05) is 24.3 Å². The number of rotatable bonds is 3. The molecular formula is C37H24N2O. The second-order valence-corrected chi connectivity index (χ2v) is 10.0. The van der Waals surface area contributed by atoms with Gasteiger partial charge in [0, 0.05) is 27.5 Å². The quantitative estimate of drug-likeness (QED) is 0.236. The molecule has 7 aromatic rings. The molecule has 0 spiro atoms. The third kappa shape index (κ3) is 3.63. The topological polar surface area (TPSA) is 27.1 Å². The molecule has 40 heavy (non-hydrogen) atoms. The molecule has 188 valence electrons. The molecule has 0 bridgehead atoms. The Morgan fingerprint density at radius 2 is 1.25 bits per heavy atom. The minimum atomic E-state index is 0.854. The maximum Gasteiger partial charge on any atom is 0.138 e. The largest absolute Gasteiger partial charge is 0.456 e. The van der Waals surface area contributed by atoms with Crippen LogP contribution in [0.5, 0.6) is 11.5 Å². The number of pyridine rings is 1. The lowest BCUT2D eigenvalue weighted by Gasteiger charge is -2.13. The van der Waals surface area contributed by atoms with Gasteiger partial charge in [-0.05, 0) is 53.6 Å². The summed E-state index contributed by atoms with van der Waals surface area (Å²) in [5.41, 5.74) is 8.66. The first-order valence-electron chi connectivity index (χ1n) is 13.5. The van der Waals surface area contributed by atoms with E-state index in [4.69, 9.17) is 9.72 Å². The van der Waals surface area contributed by atoms with Crippen molar-refractivity contribution in [1.29, 1.82) is 0 Å². The van der Waals surface area contributed by atoms with Crippen molar-refractivity contribution in [3.63, 3.8) is 0 Å². The van der Waals surface area contributed by atoms with Crippen LogP contribution < -0.4 is 4.74 Å². The summed E-state index contributed by atoms with van der Waals surface area (Å²) in [7, 11) is 0. The van der Waals surface area contributed by atoms with E-state index in [-0.39, 0.29) is 0 Å². The molecule has 0 amide bonds. The zero-order chi connectivity index (χ0) is 26.5. The van der Waals surface area contributed by atoms with Crippen molar-refractivity contribution in [3.05, 3.63) is 145 Å². The Labute approximate surface area is 232 Å². The van der Waals surface area contributed by atoms with E-state index < -0.39 is 0 Å². The maximum atomic E-state index is 6.44. The molecule has 3 heterocycles. The van der Waals surface area contributed by atoms with Gasteiger partial charge in [0.2, 0.25) is 0 Å². The zero-order valence-electron chi connectivity index (χ0n) is 21.7. The Morgan fingerprint density at radius 3 is 2.10 bits per heavy atom. The highest BCUT2D eigenvalue weighted by molar-refractivity contribution is 6.14. The van der Waals surface area contributed by atoms with E-state index in [9.17, 15) is 0 Å². The van der Waals surface area contributed by atoms with Crippen LogP contribution in [0.1, 0.15) is 11.1 Å². The summed E-state index contributed by atoms with van der Waals surface area (Å²) in [5.74, 6) is 2.60. The predicted octanol–water partition coefficient (Wildman–Crippen LogP) is 9.79. The summed E-state index contributed by atoms with van der Waals surface area (Å²) in [6.45, 7) is 0. The number of fused-ring (bicyclic) bond motifs is 6. The molecule has 1 aliphatic rings. The average molecular weight is 513 g/mol. The highest BCUT2D eigenvalue weighted by Crippen LogP contribution is 2.42. The first kappa shape index (κ1) is 22.6. The molecule has 0 radical (unpaired) electrons. The van der Waals surface area contributed by atoms with Gasteiger partial charge < -0.3 is 4.74 Å². The number of nitrogens with zero attached hydrogens (tertiary/aromatic N) is 2. The molecule has 0 saturated carbocycles. The molecule has 1 aliphatic heterocycles. The SMILES string of the molecule is C1=Cc2c(ccc3c2c2ccccc2n3-c2cc(-c3ccccc3)cc(-c3ccccc3)n2)Oc2ccccc21. The van der Waals surface area contributed by atoms with E-state index in [1.54, 1.807) is 0 Å². The van der Waals surface area contributed by atoms with Gasteiger partial charge in [-0.3, -0.25) is 4.57 Å². The van der Waals surface area contributed by atoms with E-state index in [2.05, 4.69) is 126 Å².